The number of aryl methyl sites for hydroxylation is 1. The van der Waals surface area contributed by atoms with Crippen molar-refractivity contribution >= 4 is 5.82 Å². The Labute approximate surface area is 112 Å². The number of benzene rings is 1. The topological polar surface area (TPSA) is 42.2 Å². The van der Waals surface area contributed by atoms with Crippen LogP contribution < -0.4 is 10.6 Å². The van der Waals surface area contributed by atoms with Gasteiger partial charge in [-0.25, -0.2) is 9.37 Å². The van der Waals surface area contributed by atoms with Crippen molar-refractivity contribution in [2.75, 3.05) is 11.9 Å². The zero-order valence-corrected chi connectivity index (χ0v) is 11.2. The molecule has 0 saturated heterocycles. The maximum absolute atomic E-state index is 14.1. The SMILES string of the molecule is Cc1cccc(CN(C)c2nccc(CN)c2F)c1. The van der Waals surface area contributed by atoms with Crippen LogP contribution in [0.2, 0.25) is 0 Å². The van der Waals surface area contributed by atoms with E-state index in [1.54, 1.807) is 17.2 Å². The highest BCUT2D eigenvalue weighted by Gasteiger charge is 2.12. The molecule has 19 heavy (non-hydrogen) atoms. The highest BCUT2D eigenvalue weighted by molar-refractivity contribution is 5.43. The van der Waals surface area contributed by atoms with E-state index >= 15 is 0 Å². The number of nitrogens with zero attached hydrogens (tertiary/aromatic N) is 2. The summed E-state index contributed by atoms with van der Waals surface area (Å²) < 4.78 is 14.1. The molecular formula is C15H18FN3. The van der Waals surface area contributed by atoms with E-state index in [-0.39, 0.29) is 12.4 Å². The standard InChI is InChI=1S/C15H18FN3/c1-11-4-3-5-12(8-11)10-19(2)15-14(16)13(9-17)6-7-18-15/h3-8H,9-10,17H2,1-2H3. The first-order valence-corrected chi connectivity index (χ1v) is 6.22. The van der Waals surface area contributed by atoms with E-state index in [4.69, 9.17) is 5.73 Å². The predicted molar refractivity (Wildman–Crippen MR) is 75.4 cm³/mol. The summed E-state index contributed by atoms with van der Waals surface area (Å²) in [5.74, 6) is 0.00427. The van der Waals surface area contributed by atoms with Crippen molar-refractivity contribution in [1.82, 2.24) is 4.98 Å². The summed E-state index contributed by atoms with van der Waals surface area (Å²) >= 11 is 0. The number of halogens is 1. The Bertz CT molecular complexity index is 569. The third kappa shape index (κ3) is 3.09. The number of aromatic nitrogens is 1. The molecule has 1 heterocycles. The Morgan fingerprint density at radius 3 is 2.79 bits per heavy atom. The summed E-state index contributed by atoms with van der Waals surface area (Å²) in [4.78, 5) is 5.90. The Morgan fingerprint density at radius 1 is 1.32 bits per heavy atom. The minimum atomic E-state index is -0.333. The second-order valence-corrected chi connectivity index (χ2v) is 4.66. The van der Waals surface area contributed by atoms with Crippen LogP contribution in [0.5, 0.6) is 0 Å². The van der Waals surface area contributed by atoms with Gasteiger partial charge in [0.25, 0.3) is 0 Å². The average molecular weight is 259 g/mol. The first kappa shape index (κ1) is 13.5. The third-order valence-corrected chi connectivity index (χ3v) is 3.03. The third-order valence-electron chi connectivity index (χ3n) is 3.03. The smallest absolute Gasteiger partial charge is 0.170 e. The molecule has 0 aliphatic carbocycles. The summed E-state index contributed by atoms with van der Waals surface area (Å²) in [6.07, 6.45) is 1.59. The Balaban J connectivity index is 2.23. The minimum absolute atomic E-state index is 0.180. The molecule has 0 atom stereocenters. The molecule has 0 aliphatic rings. The molecule has 0 unspecified atom stereocenters. The fourth-order valence-electron chi connectivity index (χ4n) is 2.05. The van der Waals surface area contributed by atoms with Gasteiger partial charge >= 0.3 is 0 Å². The van der Waals surface area contributed by atoms with Crippen molar-refractivity contribution in [3.05, 3.63) is 59.0 Å². The summed E-state index contributed by atoms with van der Waals surface area (Å²) in [5, 5.41) is 0. The molecule has 0 aliphatic heterocycles. The molecule has 100 valence electrons. The Hall–Kier alpha value is -1.94. The number of hydrogen-bond donors (Lipinski definition) is 1. The molecular weight excluding hydrogens is 241 g/mol. The van der Waals surface area contributed by atoms with Crippen molar-refractivity contribution in [3.63, 3.8) is 0 Å². The zero-order chi connectivity index (χ0) is 13.8. The van der Waals surface area contributed by atoms with Gasteiger partial charge in [0.1, 0.15) is 0 Å². The number of hydrogen-bond acceptors (Lipinski definition) is 3. The van der Waals surface area contributed by atoms with Crippen LogP contribution in [0.1, 0.15) is 16.7 Å². The number of pyridine rings is 1. The molecule has 0 radical (unpaired) electrons. The molecule has 0 saturated carbocycles. The second kappa shape index (κ2) is 5.80. The normalized spacial score (nSPS) is 10.5. The van der Waals surface area contributed by atoms with Crippen molar-refractivity contribution in [2.45, 2.75) is 20.0 Å². The van der Waals surface area contributed by atoms with Gasteiger partial charge in [0.2, 0.25) is 0 Å². The fraction of sp³-hybridized carbons (Fsp3) is 0.267. The van der Waals surface area contributed by atoms with Crippen LogP contribution in [0, 0.1) is 12.7 Å². The Kier molecular flexibility index (Phi) is 4.12. The van der Waals surface area contributed by atoms with E-state index in [0.717, 1.165) is 5.56 Å². The van der Waals surface area contributed by atoms with Crippen LogP contribution >= 0.6 is 0 Å². The van der Waals surface area contributed by atoms with Crippen LogP contribution in [0.3, 0.4) is 0 Å². The van der Waals surface area contributed by atoms with Gasteiger partial charge in [0.15, 0.2) is 11.6 Å². The molecule has 1 aromatic carbocycles. The number of anilines is 1. The van der Waals surface area contributed by atoms with E-state index in [0.29, 0.717) is 17.9 Å². The molecule has 0 spiro atoms. The lowest BCUT2D eigenvalue weighted by Crippen LogP contribution is -2.20. The van der Waals surface area contributed by atoms with Crippen LogP contribution in [-0.4, -0.2) is 12.0 Å². The van der Waals surface area contributed by atoms with Crippen molar-refractivity contribution in [2.24, 2.45) is 5.73 Å². The van der Waals surface area contributed by atoms with E-state index in [9.17, 15) is 4.39 Å². The van der Waals surface area contributed by atoms with Gasteiger partial charge in [-0.15, -0.1) is 0 Å². The average Bonchev–Trinajstić information content (AvgIpc) is 2.39. The summed E-state index contributed by atoms with van der Waals surface area (Å²) in [6, 6.07) is 9.75. The highest BCUT2D eigenvalue weighted by atomic mass is 19.1. The predicted octanol–water partition coefficient (Wildman–Crippen LogP) is 2.62. The van der Waals surface area contributed by atoms with Crippen LogP contribution in [0.4, 0.5) is 10.2 Å². The lowest BCUT2D eigenvalue weighted by atomic mass is 10.1. The van der Waals surface area contributed by atoms with Gasteiger partial charge < -0.3 is 10.6 Å². The minimum Gasteiger partial charge on any atom is -0.353 e. The fourth-order valence-corrected chi connectivity index (χ4v) is 2.05. The summed E-state index contributed by atoms with van der Waals surface area (Å²) in [7, 11) is 1.83. The first-order valence-electron chi connectivity index (χ1n) is 6.22. The van der Waals surface area contributed by atoms with Crippen LogP contribution in [-0.2, 0) is 13.1 Å². The van der Waals surface area contributed by atoms with Crippen molar-refractivity contribution in [3.8, 4) is 0 Å². The van der Waals surface area contributed by atoms with Gasteiger partial charge in [-0.2, -0.15) is 0 Å². The molecule has 0 bridgehead atoms. The first-order chi connectivity index (χ1) is 9.11. The van der Waals surface area contributed by atoms with Gasteiger partial charge in [-0.05, 0) is 18.6 Å². The quantitative estimate of drug-likeness (QED) is 0.917. The maximum Gasteiger partial charge on any atom is 0.170 e. The summed E-state index contributed by atoms with van der Waals surface area (Å²) in [5.41, 5.74) is 8.31. The molecule has 2 aromatic rings. The van der Waals surface area contributed by atoms with E-state index < -0.39 is 0 Å². The van der Waals surface area contributed by atoms with E-state index in [1.165, 1.54) is 5.56 Å². The molecule has 2 rings (SSSR count). The number of nitrogens with two attached hydrogens (primary N) is 1. The Morgan fingerprint density at radius 2 is 2.11 bits per heavy atom. The number of rotatable bonds is 4. The van der Waals surface area contributed by atoms with E-state index in [1.807, 2.05) is 32.2 Å². The van der Waals surface area contributed by atoms with Gasteiger partial charge in [0, 0.05) is 31.9 Å². The van der Waals surface area contributed by atoms with Crippen LogP contribution in [0.25, 0.3) is 0 Å². The lowest BCUT2D eigenvalue weighted by Gasteiger charge is -2.20. The van der Waals surface area contributed by atoms with Gasteiger partial charge in [0.05, 0.1) is 0 Å². The van der Waals surface area contributed by atoms with Crippen molar-refractivity contribution < 1.29 is 4.39 Å². The molecule has 4 heteroatoms. The van der Waals surface area contributed by atoms with Gasteiger partial charge in [-0.3, -0.25) is 0 Å². The summed E-state index contributed by atoms with van der Waals surface area (Å²) in [6.45, 7) is 2.83. The maximum atomic E-state index is 14.1. The zero-order valence-electron chi connectivity index (χ0n) is 11.2. The molecule has 1 aromatic heterocycles. The van der Waals surface area contributed by atoms with E-state index in [2.05, 4.69) is 11.1 Å². The molecule has 0 fully saturated rings. The molecule has 0 amide bonds. The van der Waals surface area contributed by atoms with Crippen molar-refractivity contribution in [1.29, 1.82) is 0 Å². The highest BCUT2D eigenvalue weighted by Crippen LogP contribution is 2.20. The monoisotopic (exact) mass is 259 g/mol. The second-order valence-electron chi connectivity index (χ2n) is 4.66. The lowest BCUT2D eigenvalue weighted by molar-refractivity contribution is 0.598. The van der Waals surface area contributed by atoms with Gasteiger partial charge in [-0.1, -0.05) is 29.8 Å². The van der Waals surface area contributed by atoms with Crippen LogP contribution in [0.15, 0.2) is 36.5 Å². The molecule has 3 nitrogen and oxygen atoms in total. The largest absolute Gasteiger partial charge is 0.353 e. The molecule has 2 N–H and O–H groups in total.